The SMILES string of the molecule is CCCC(CCC(C)(C)C)C(C)CC. The first-order chi connectivity index (χ1) is 6.40. The fourth-order valence-electron chi connectivity index (χ4n) is 2.04. The lowest BCUT2D eigenvalue weighted by molar-refractivity contribution is 0.251. The van der Waals surface area contributed by atoms with Gasteiger partial charge in [-0.25, -0.2) is 0 Å². The van der Waals surface area contributed by atoms with Crippen LogP contribution in [0.1, 0.15) is 73.6 Å². The topological polar surface area (TPSA) is 0 Å². The summed E-state index contributed by atoms with van der Waals surface area (Å²) in [6.45, 7) is 14.1. The first kappa shape index (κ1) is 14.0. The third kappa shape index (κ3) is 6.45. The lowest BCUT2D eigenvalue weighted by Crippen LogP contribution is -2.15. The van der Waals surface area contributed by atoms with Crippen LogP contribution in [-0.4, -0.2) is 0 Å². The van der Waals surface area contributed by atoms with E-state index in [1.165, 1.54) is 32.1 Å². The molecular weight excluding hydrogens is 168 g/mol. The van der Waals surface area contributed by atoms with Crippen molar-refractivity contribution in [2.75, 3.05) is 0 Å². The summed E-state index contributed by atoms with van der Waals surface area (Å²) in [5, 5.41) is 0. The first-order valence-corrected chi connectivity index (χ1v) is 6.40. The predicted octanol–water partition coefficient (Wildman–Crippen LogP) is 5.28. The molecule has 0 rings (SSSR count). The van der Waals surface area contributed by atoms with E-state index in [0.29, 0.717) is 5.41 Å². The van der Waals surface area contributed by atoms with E-state index >= 15 is 0 Å². The van der Waals surface area contributed by atoms with E-state index in [0.717, 1.165) is 11.8 Å². The van der Waals surface area contributed by atoms with E-state index in [-0.39, 0.29) is 0 Å². The average Bonchev–Trinajstić information content (AvgIpc) is 2.09. The minimum absolute atomic E-state index is 0.513. The standard InChI is InChI=1S/C14H30/c1-7-9-13(12(3)8-2)10-11-14(4,5)6/h12-13H,7-11H2,1-6H3. The second-order valence-corrected chi connectivity index (χ2v) is 6.03. The van der Waals surface area contributed by atoms with Crippen LogP contribution >= 0.6 is 0 Å². The summed E-state index contributed by atoms with van der Waals surface area (Å²) in [4.78, 5) is 0. The molecule has 0 heteroatoms. The van der Waals surface area contributed by atoms with Crippen LogP contribution < -0.4 is 0 Å². The zero-order valence-electron chi connectivity index (χ0n) is 11.2. The molecule has 0 saturated heterocycles. The molecule has 0 fully saturated rings. The highest BCUT2D eigenvalue weighted by Crippen LogP contribution is 2.30. The number of hydrogen-bond acceptors (Lipinski definition) is 0. The molecule has 14 heavy (non-hydrogen) atoms. The molecule has 0 nitrogen and oxygen atoms in total. The van der Waals surface area contributed by atoms with Gasteiger partial charge in [0.05, 0.1) is 0 Å². The molecule has 0 aromatic carbocycles. The Balaban J connectivity index is 3.96. The summed E-state index contributed by atoms with van der Waals surface area (Å²) in [5.41, 5.74) is 0.513. The Morgan fingerprint density at radius 1 is 1.00 bits per heavy atom. The van der Waals surface area contributed by atoms with Crippen molar-refractivity contribution in [2.24, 2.45) is 17.3 Å². The Labute approximate surface area is 91.5 Å². The summed E-state index contributed by atoms with van der Waals surface area (Å²) in [7, 11) is 0. The van der Waals surface area contributed by atoms with Crippen molar-refractivity contribution in [1.29, 1.82) is 0 Å². The van der Waals surface area contributed by atoms with Gasteiger partial charge < -0.3 is 0 Å². The number of hydrogen-bond donors (Lipinski definition) is 0. The minimum atomic E-state index is 0.513. The van der Waals surface area contributed by atoms with Crippen molar-refractivity contribution in [3.05, 3.63) is 0 Å². The van der Waals surface area contributed by atoms with E-state index in [1.807, 2.05) is 0 Å². The zero-order valence-corrected chi connectivity index (χ0v) is 11.2. The zero-order chi connectivity index (χ0) is 11.2. The normalized spacial score (nSPS) is 16.7. The fourth-order valence-corrected chi connectivity index (χ4v) is 2.04. The molecule has 0 aliphatic carbocycles. The van der Waals surface area contributed by atoms with Gasteiger partial charge in [0.1, 0.15) is 0 Å². The van der Waals surface area contributed by atoms with Crippen LogP contribution in [0.2, 0.25) is 0 Å². The Kier molecular flexibility index (Phi) is 6.48. The minimum Gasteiger partial charge on any atom is -0.0654 e. The number of rotatable bonds is 6. The second-order valence-electron chi connectivity index (χ2n) is 6.03. The van der Waals surface area contributed by atoms with Crippen LogP contribution in [0.15, 0.2) is 0 Å². The quantitative estimate of drug-likeness (QED) is 0.545. The molecule has 2 atom stereocenters. The van der Waals surface area contributed by atoms with Crippen molar-refractivity contribution in [1.82, 2.24) is 0 Å². The van der Waals surface area contributed by atoms with Gasteiger partial charge in [0.2, 0.25) is 0 Å². The molecule has 0 aromatic rings. The highest BCUT2D eigenvalue weighted by Gasteiger charge is 2.18. The summed E-state index contributed by atoms with van der Waals surface area (Å²) in [5.74, 6) is 1.88. The van der Waals surface area contributed by atoms with Gasteiger partial charge >= 0.3 is 0 Å². The van der Waals surface area contributed by atoms with Crippen molar-refractivity contribution in [3.8, 4) is 0 Å². The molecular formula is C14H30. The fraction of sp³-hybridized carbons (Fsp3) is 1.00. The summed E-state index contributed by atoms with van der Waals surface area (Å²) in [6.07, 6.45) is 6.91. The molecule has 0 heterocycles. The monoisotopic (exact) mass is 198 g/mol. The molecule has 0 amide bonds. The molecule has 0 aliphatic heterocycles. The molecule has 2 unspecified atom stereocenters. The van der Waals surface area contributed by atoms with Crippen LogP contribution in [0, 0.1) is 17.3 Å². The van der Waals surface area contributed by atoms with Gasteiger partial charge in [0, 0.05) is 0 Å². The van der Waals surface area contributed by atoms with Crippen molar-refractivity contribution in [2.45, 2.75) is 73.6 Å². The van der Waals surface area contributed by atoms with E-state index in [4.69, 9.17) is 0 Å². The Bertz CT molecular complexity index is 129. The highest BCUT2D eigenvalue weighted by atomic mass is 14.2. The van der Waals surface area contributed by atoms with Gasteiger partial charge in [0.25, 0.3) is 0 Å². The molecule has 0 saturated carbocycles. The maximum absolute atomic E-state index is 2.42. The molecule has 0 N–H and O–H groups in total. The van der Waals surface area contributed by atoms with Gasteiger partial charge in [0.15, 0.2) is 0 Å². The van der Waals surface area contributed by atoms with Crippen LogP contribution in [0.3, 0.4) is 0 Å². The van der Waals surface area contributed by atoms with Gasteiger partial charge in [-0.2, -0.15) is 0 Å². The lowest BCUT2D eigenvalue weighted by Gasteiger charge is -2.26. The lowest BCUT2D eigenvalue weighted by atomic mass is 9.79. The van der Waals surface area contributed by atoms with Crippen LogP contribution in [0.5, 0.6) is 0 Å². The van der Waals surface area contributed by atoms with Crippen LogP contribution in [0.25, 0.3) is 0 Å². The van der Waals surface area contributed by atoms with Gasteiger partial charge in [-0.3, -0.25) is 0 Å². The summed E-state index contributed by atoms with van der Waals surface area (Å²) < 4.78 is 0. The van der Waals surface area contributed by atoms with Crippen LogP contribution in [-0.2, 0) is 0 Å². The molecule has 0 bridgehead atoms. The Morgan fingerprint density at radius 2 is 1.57 bits per heavy atom. The molecule has 0 spiro atoms. The average molecular weight is 198 g/mol. The maximum Gasteiger partial charge on any atom is -0.0383 e. The van der Waals surface area contributed by atoms with Crippen molar-refractivity contribution in [3.63, 3.8) is 0 Å². The molecule has 0 aromatic heterocycles. The second kappa shape index (κ2) is 6.48. The van der Waals surface area contributed by atoms with Gasteiger partial charge in [-0.1, -0.05) is 60.8 Å². The van der Waals surface area contributed by atoms with Gasteiger partial charge in [-0.05, 0) is 30.1 Å². The van der Waals surface area contributed by atoms with Gasteiger partial charge in [-0.15, -0.1) is 0 Å². The highest BCUT2D eigenvalue weighted by molar-refractivity contribution is 4.70. The molecule has 86 valence electrons. The smallest absolute Gasteiger partial charge is 0.0383 e. The molecule has 0 radical (unpaired) electrons. The largest absolute Gasteiger partial charge is 0.0654 e. The van der Waals surface area contributed by atoms with Crippen molar-refractivity contribution >= 4 is 0 Å². The molecule has 0 aliphatic rings. The van der Waals surface area contributed by atoms with Crippen molar-refractivity contribution < 1.29 is 0 Å². The summed E-state index contributed by atoms with van der Waals surface area (Å²) >= 11 is 0. The van der Waals surface area contributed by atoms with E-state index < -0.39 is 0 Å². The van der Waals surface area contributed by atoms with E-state index in [9.17, 15) is 0 Å². The van der Waals surface area contributed by atoms with Crippen LogP contribution in [0.4, 0.5) is 0 Å². The third-order valence-electron chi connectivity index (χ3n) is 3.37. The van der Waals surface area contributed by atoms with E-state index in [1.54, 1.807) is 0 Å². The Hall–Kier alpha value is 0. The predicted molar refractivity (Wildman–Crippen MR) is 66.5 cm³/mol. The maximum atomic E-state index is 2.42. The first-order valence-electron chi connectivity index (χ1n) is 6.40. The Morgan fingerprint density at radius 3 is 1.93 bits per heavy atom. The van der Waals surface area contributed by atoms with E-state index in [2.05, 4.69) is 41.5 Å². The third-order valence-corrected chi connectivity index (χ3v) is 3.37. The summed E-state index contributed by atoms with van der Waals surface area (Å²) in [6, 6.07) is 0.